The van der Waals surface area contributed by atoms with Crippen LogP contribution in [0.15, 0.2) is 30.3 Å². The molecule has 6 nitrogen and oxygen atoms in total. The van der Waals surface area contributed by atoms with Gasteiger partial charge in [0.05, 0.1) is 5.69 Å². The first kappa shape index (κ1) is 20.1. The topological polar surface area (TPSA) is 76.0 Å². The average molecular weight is 383 g/mol. The van der Waals surface area contributed by atoms with Gasteiger partial charge in [-0.1, -0.05) is 57.5 Å². The van der Waals surface area contributed by atoms with E-state index in [1.807, 2.05) is 51.1 Å². The summed E-state index contributed by atoms with van der Waals surface area (Å²) >= 11 is 0. The molecular formula is C22H30N4O2. The van der Waals surface area contributed by atoms with Crippen LogP contribution >= 0.6 is 0 Å². The second-order valence-electron chi connectivity index (χ2n) is 8.45. The van der Waals surface area contributed by atoms with Crippen LogP contribution in [0, 0.1) is 5.41 Å². The quantitative estimate of drug-likeness (QED) is 0.853. The first-order valence-corrected chi connectivity index (χ1v) is 10.00. The smallest absolute Gasteiger partial charge is 0.272 e. The van der Waals surface area contributed by atoms with Crippen LogP contribution in [0.25, 0.3) is 11.4 Å². The van der Waals surface area contributed by atoms with Crippen LogP contribution < -0.4 is 10.6 Å². The summed E-state index contributed by atoms with van der Waals surface area (Å²) in [4.78, 5) is 30.3. The second kappa shape index (κ2) is 8.17. The SMILES string of the molecule is CNC(=O)C(NC(=O)c1nc(-c2ccccc2)n2c1CCCCC2)C(C)(C)C. The molecule has 1 atom stereocenters. The Kier molecular flexibility index (Phi) is 5.87. The number of aromatic nitrogens is 2. The Hall–Kier alpha value is -2.63. The zero-order valence-corrected chi connectivity index (χ0v) is 17.2. The van der Waals surface area contributed by atoms with Crippen molar-refractivity contribution in [2.45, 2.75) is 59.0 Å². The molecule has 0 bridgehead atoms. The van der Waals surface area contributed by atoms with Gasteiger partial charge in [0.1, 0.15) is 17.6 Å². The van der Waals surface area contributed by atoms with Crippen molar-refractivity contribution in [1.29, 1.82) is 0 Å². The van der Waals surface area contributed by atoms with Gasteiger partial charge in [-0.3, -0.25) is 9.59 Å². The minimum atomic E-state index is -0.631. The fraction of sp³-hybridized carbons (Fsp3) is 0.500. The number of benzene rings is 1. The third kappa shape index (κ3) is 4.11. The Bertz CT molecular complexity index is 849. The summed E-state index contributed by atoms with van der Waals surface area (Å²) in [6.45, 7) is 6.68. The molecule has 0 saturated heterocycles. The van der Waals surface area contributed by atoms with Gasteiger partial charge in [0.25, 0.3) is 5.91 Å². The highest BCUT2D eigenvalue weighted by Gasteiger charge is 2.34. The Morgan fingerprint density at radius 1 is 1.11 bits per heavy atom. The molecule has 1 aliphatic rings. The lowest BCUT2D eigenvalue weighted by Gasteiger charge is -2.29. The van der Waals surface area contributed by atoms with Crippen molar-refractivity contribution < 1.29 is 9.59 Å². The van der Waals surface area contributed by atoms with Crippen molar-refractivity contribution in [3.8, 4) is 11.4 Å². The molecule has 2 aromatic rings. The Balaban J connectivity index is 2.00. The fourth-order valence-corrected chi connectivity index (χ4v) is 3.73. The molecule has 2 heterocycles. The number of hydrogen-bond donors (Lipinski definition) is 2. The number of amides is 2. The number of carbonyl (C=O) groups is 2. The largest absolute Gasteiger partial charge is 0.357 e. The molecule has 150 valence electrons. The molecule has 3 rings (SSSR count). The summed E-state index contributed by atoms with van der Waals surface area (Å²) in [5.74, 6) is 0.348. The summed E-state index contributed by atoms with van der Waals surface area (Å²) < 4.78 is 2.18. The van der Waals surface area contributed by atoms with Crippen molar-refractivity contribution in [2.75, 3.05) is 7.05 Å². The van der Waals surface area contributed by atoms with Gasteiger partial charge in [-0.15, -0.1) is 0 Å². The van der Waals surface area contributed by atoms with Crippen molar-refractivity contribution in [1.82, 2.24) is 20.2 Å². The number of imidazole rings is 1. The van der Waals surface area contributed by atoms with E-state index in [2.05, 4.69) is 15.2 Å². The van der Waals surface area contributed by atoms with E-state index in [1.54, 1.807) is 7.05 Å². The third-order valence-electron chi connectivity index (χ3n) is 5.26. The number of hydrogen-bond acceptors (Lipinski definition) is 3. The summed E-state index contributed by atoms with van der Waals surface area (Å²) in [6.07, 6.45) is 4.08. The minimum absolute atomic E-state index is 0.200. The van der Waals surface area contributed by atoms with Gasteiger partial charge < -0.3 is 15.2 Å². The number of likely N-dealkylation sites (N-methyl/N-ethyl adjacent to an activating group) is 1. The van der Waals surface area contributed by atoms with Crippen molar-refractivity contribution in [2.24, 2.45) is 5.41 Å². The first-order chi connectivity index (χ1) is 13.3. The zero-order valence-electron chi connectivity index (χ0n) is 17.2. The van der Waals surface area contributed by atoms with Crippen LogP contribution in [-0.2, 0) is 17.8 Å². The molecule has 0 saturated carbocycles. The predicted octanol–water partition coefficient (Wildman–Crippen LogP) is 3.17. The van der Waals surface area contributed by atoms with Gasteiger partial charge in [0.15, 0.2) is 0 Å². The van der Waals surface area contributed by atoms with Gasteiger partial charge in [-0.2, -0.15) is 0 Å². The normalized spacial score (nSPS) is 15.3. The van der Waals surface area contributed by atoms with Crippen LogP contribution in [0.5, 0.6) is 0 Å². The molecular weight excluding hydrogens is 352 g/mol. The van der Waals surface area contributed by atoms with Crippen LogP contribution in [-0.4, -0.2) is 34.5 Å². The van der Waals surface area contributed by atoms with E-state index in [-0.39, 0.29) is 11.8 Å². The number of nitrogens with zero attached hydrogens (tertiary/aromatic N) is 2. The molecule has 1 aromatic carbocycles. The summed E-state index contributed by atoms with van der Waals surface area (Å²) in [5.41, 5.74) is 2.01. The maximum atomic E-state index is 13.2. The van der Waals surface area contributed by atoms with Crippen molar-refractivity contribution >= 4 is 11.8 Å². The lowest BCUT2D eigenvalue weighted by molar-refractivity contribution is -0.124. The summed E-state index contributed by atoms with van der Waals surface area (Å²) in [5, 5.41) is 5.59. The average Bonchev–Trinajstić information content (AvgIpc) is 2.86. The highest BCUT2D eigenvalue weighted by atomic mass is 16.2. The molecule has 1 unspecified atom stereocenters. The zero-order chi connectivity index (χ0) is 20.3. The molecule has 0 spiro atoms. The molecule has 2 amide bonds. The van der Waals surface area contributed by atoms with Gasteiger partial charge in [0.2, 0.25) is 5.91 Å². The maximum absolute atomic E-state index is 13.2. The van der Waals surface area contributed by atoms with Gasteiger partial charge in [-0.25, -0.2) is 4.98 Å². The number of fused-ring (bicyclic) bond motifs is 1. The molecule has 1 aromatic heterocycles. The van der Waals surface area contributed by atoms with E-state index >= 15 is 0 Å². The molecule has 1 aliphatic heterocycles. The highest BCUT2D eigenvalue weighted by Crippen LogP contribution is 2.28. The predicted molar refractivity (Wildman–Crippen MR) is 110 cm³/mol. The van der Waals surface area contributed by atoms with E-state index in [9.17, 15) is 9.59 Å². The molecule has 0 aliphatic carbocycles. The number of rotatable bonds is 4. The maximum Gasteiger partial charge on any atom is 0.272 e. The fourth-order valence-electron chi connectivity index (χ4n) is 3.73. The van der Waals surface area contributed by atoms with E-state index in [4.69, 9.17) is 4.98 Å². The first-order valence-electron chi connectivity index (χ1n) is 10.00. The third-order valence-corrected chi connectivity index (χ3v) is 5.26. The molecule has 28 heavy (non-hydrogen) atoms. The lowest BCUT2D eigenvalue weighted by atomic mass is 9.86. The molecule has 2 N–H and O–H groups in total. The molecule has 0 radical (unpaired) electrons. The summed E-state index contributed by atoms with van der Waals surface area (Å²) in [6, 6.07) is 9.34. The van der Waals surface area contributed by atoms with Crippen LogP contribution in [0.1, 0.15) is 56.2 Å². The minimum Gasteiger partial charge on any atom is -0.357 e. The standard InChI is InChI=1S/C22H30N4O2/c1-22(2,3)18(21(28)23-4)25-20(27)17-16-13-9-6-10-14-26(16)19(24-17)15-11-7-5-8-12-15/h5,7-8,11-12,18H,6,9-10,13-14H2,1-4H3,(H,23,28)(H,25,27). The van der Waals surface area contributed by atoms with Gasteiger partial charge >= 0.3 is 0 Å². The van der Waals surface area contributed by atoms with Crippen molar-refractivity contribution in [3.63, 3.8) is 0 Å². The van der Waals surface area contributed by atoms with Gasteiger partial charge in [-0.05, 0) is 24.7 Å². The molecule has 6 heteroatoms. The Morgan fingerprint density at radius 3 is 2.46 bits per heavy atom. The Labute approximate surface area is 166 Å². The monoisotopic (exact) mass is 382 g/mol. The van der Waals surface area contributed by atoms with Crippen molar-refractivity contribution in [3.05, 3.63) is 41.7 Å². The Morgan fingerprint density at radius 2 is 1.82 bits per heavy atom. The second-order valence-corrected chi connectivity index (χ2v) is 8.45. The number of nitrogens with one attached hydrogen (secondary N) is 2. The van der Waals surface area contributed by atoms with E-state index in [1.165, 1.54) is 0 Å². The summed E-state index contributed by atoms with van der Waals surface area (Å²) in [7, 11) is 1.59. The van der Waals surface area contributed by atoms with Gasteiger partial charge in [0, 0.05) is 19.2 Å². The van der Waals surface area contributed by atoms with Crippen LogP contribution in [0.4, 0.5) is 0 Å². The molecule has 0 fully saturated rings. The number of carbonyl (C=O) groups excluding carboxylic acids is 2. The van der Waals surface area contributed by atoms with E-state index in [0.717, 1.165) is 49.3 Å². The van der Waals surface area contributed by atoms with Crippen LogP contribution in [0.3, 0.4) is 0 Å². The van der Waals surface area contributed by atoms with E-state index < -0.39 is 11.5 Å². The van der Waals surface area contributed by atoms with E-state index in [0.29, 0.717) is 5.69 Å². The highest BCUT2D eigenvalue weighted by molar-refractivity contribution is 5.97. The lowest BCUT2D eigenvalue weighted by Crippen LogP contribution is -2.53. The van der Waals surface area contributed by atoms with Crippen LogP contribution in [0.2, 0.25) is 0 Å².